The maximum atomic E-state index is 3.48. The third-order valence-electron chi connectivity index (χ3n) is 5.92. The van der Waals surface area contributed by atoms with Crippen molar-refractivity contribution in [1.29, 1.82) is 0 Å². The van der Waals surface area contributed by atoms with E-state index in [4.69, 9.17) is 0 Å². The second-order valence-electron chi connectivity index (χ2n) is 8.45. The highest BCUT2D eigenvalue weighted by Crippen LogP contribution is 2.29. The molecule has 0 fully saturated rings. The molecule has 1 aromatic heterocycles. The number of H-pyrrole nitrogens is 1. The van der Waals surface area contributed by atoms with Crippen LogP contribution >= 0.6 is 0 Å². The molecule has 0 saturated heterocycles. The van der Waals surface area contributed by atoms with Gasteiger partial charge in [0.1, 0.15) is 0 Å². The summed E-state index contributed by atoms with van der Waals surface area (Å²) < 4.78 is 0. The highest BCUT2D eigenvalue weighted by Gasteiger charge is 2.13. The average Bonchev–Trinajstić information content (AvgIpc) is 3.20. The first-order valence-corrected chi connectivity index (χ1v) is 12.1. The van der Waals surface area contributed by atoms with Crippen LogP contribution in [0.1, 0.15) is 135 Å². The van der Waals surface area contributed by atoms with Gasteiger partial charge in [-0.1, -0.05) is 109 Å². The summed E-state index contributed by atoms with van der Waals surface area (Å²) in [5.74, 6) is 0.597. The summed E-state index contributed by atoms with van der Waals surface area (Å²) in [5.41, 5.74) is 2.99. The van der Waals surface area contributed by atoms with Gasteiger partial charge in [0.25, 0.3) is 0 Å². The molecule has 1 N–H and O–H groups in total. The van der Waals surface area contributed by atoms with Crippen molar-refractivity contribution in [2.45, 2.75) is 129 Å². The van der Waals surface area contributed by atoms with Gasteiger partial charge in [-0.2, -0.15) is 0 Å². The molecule has 0 saturated carbocycles. The molecule has 156 valence electrons. The van der Waals surface area contributed by atoms with Crippen LogP contribution in [-0.2, 0) is 0 Å². The summed E-state index contributed by atoms with van der Waals surface area (Å²) in [7, 11) is 0. The number of hydrogen-bond donors (Lipinski definition) is 1. The lowest BCUT2D eigenvalue weighted by atomic mass is 9.90. The zero-order valence-corrected chi connectivity index (χ0v) is 18.7. The number of nitrogens with one attached hydrogen (secondary N) is 1. The maximum Gasteiger partial charge on any atom is 0.0219 e. The second-order valence-corrected chi connectivity index (χ2v) is 8.45. The van der Waals surface area contributed by atoms with Gasteiger partial charge in [0.2, 0.25) is 0 Å². The molecule has 1 unspecified atom stereocenters. The van der Waals surface area contributed by atoms with Crippen LogP contribution in [0.5, 0.6) is 0 Å². The smallest absolute Gasteiger partial charge is 0.0219 e. The lowest BCUT2D eigenvalue weighted by molar-refractivity contribution is 0.551. The molecular formula is C26H47N. The lowest BCUT2D eigenvalue weighted by Gasteiger charge is -2.17. The minimum atomic E-state index is 0.597. The Balaban J connectivity index is 2.29. The van der Waals surface area contributed by atoms with Crippen LogP contribution in [0.2, 0.25) is 0 Å². The fourth-order valence-electron chi connectivity index (χ4n) is 4.07. The van der Waals surface area contributed by atoms with Crippen LogP contribution in [-0.4, -0.2) is 4.98 Å². The third-order valence-corrected chi connectivity index (χ3v) is 5.92. The van der Waals surface area contributed by atoms with Crippen molar-refractivity contribution in [3.8, 4) is 0 Å². The molecule has 0 radical (unpaired) electrons. The van der Waals surface area contributed by atoms with Gasteiger partial charge in [0.15, 0.2) is 0 Å². The van der Waals surface area contributed by atoms with Gasteiger partial charge in [0, 0.05) is 17.8 Å². The van der Waals surface area contributed by atoms with E-state index in [0.717, 1.165) is 0 Å². The molecule has 0 aromatic carbocycles. The Morgan fingerprint density at radius 3 is 1.93 bits per heavy atom. The van der Waals surface area contributed by atoms with Crippen LogP contribution in [0, 0.1) is 0 Å². The van der Waals surface area contributed by atoms with E-state index in [1.54, 1.807) is 5.57 Å². The quantitative estimate of drug-likeness (QED) is 0.195. The van der Waals surface area contributed by atoms with Crippen LogP contribution in [0.15, 0.2) is 30.0 Å². The summed E-state index contributed by atoms with van der Waals surface area (Å²) in [6.45, 7) is 6.94. The standard InChI is InChI=1S/C26H47N/c1-4-6-8-10-12-14-15-17-20-24(3)25(26-22-19-23-27-26)21-18-16-13-11-9-7-5-2/h19-20,22-23,25,27H,4-18,21H2,1-3H3. The number of aromatic amines is 1. The number of allylic oxidation sites excluding steroid dienone is 2. The Kier molecular flexibility index (Phi) is 15.3. The number of unbranched alkanes of at least 4 members (excludes halogenated alkanes) is 13. The molecule has 1 rings (SSSR count). The van der Waals surface area contributed by atoms with Crippen LogP contribution < -0.4 is 0 Å². The topological polar surface area (TPSA) is 15.8 Å². The molecule has 1 atom stereocenters. The largest absolute Gasteiger partial charge is 0.364 e. The van der Waals surface area contributed by atoms with Crippen molar-refractivity contribution >= 4 is 0 Å². The molecular weight excluding hydrogens is 326 g/mol. The van der Waals surface area contributed by atoms with Gasteiger partial charge in [0.05, 0.1) is 0 Å². The molecule has 0 aliphatic heterocycles. The fourth-order valence-corrected chi connectivity index (χ4v) is 4.07. The first kappa shape index (κ1) is 24.1. The van der Waals surface area contributed by atoms with Crippen molar-refractivity contribution < 1.29 is 0 Å². The summed E-state index contributed by atoms with van der Waals surface area (Å²) in [6, 6.07) is 4.42. The van der Waals surface area contributed by atoms with Gasteiger partial charge in [-0.05, 0) is 38.3 Å². The van der Waals surface area contributed by atoms with Gasteiger partial charge in [-0.3, -0.25) is 0 Å². The Labute approximate surface area is 170 Å². The first-order valence-electron chi connectivity index (χ1n) is 12.1. The van der Waals surface area contributed by atoms with E-state index >= 15 is 0 Å². The number of hydrogen-bond acceptors (Lipinski definition) is 0. The average molecular weight is 374 g/mol. The van der Waals surface area contributed by atoms with Gasteiger partial charge >= 0.3 is 0 Å². The molecule has 0 aliphatic carbocycles. The summed E-state index contributed by atoms with van der Waals surface area (Å²) in [6.07, 6.45) is 26.7. The van der Waals surface area contributed by atoms with Crippen LogP contribution in [0.4, 0.5) is 0 Å². The highest BCUT2D eigenvalue weighted by molar-refractivity contribution is 5.22. The van der Waals surface area contributed by atoms with Crippen molar-refractivity contribution in [2.24, 2.45) is 0 Å². The molecule has 1 nitrogen and oxygen atoms in total. The Morgan fingerprint density at radius 2 is 1.37 bits per heavy atom. The fraction of sp³-hybridized carbons (Fsp3) is 0.769. The monoisotopic (exact) mass is 373 g/mol. The molecule has 0 amide bonds. The van der Waals surface area contributed by atoms with E-state index in [9.17, 15) is 0 Å². The van der Waals surface area contributed by atoms with E-state index in [1.165, 1.54) is 108 Å². The normalized spacial score (nSPS) is 13.2. The summed E-state index contributed by atoms with van der Waals surface area (Å²) in [5, 5.41) is 0. The molecule has 1 heterocycles. The van der Waals surface area contributed by atoms with Crippen molar-refractivity contribution in [3.63, 3.8) is 0 Å². The maximum absolute atomic E-state index is 3.48. The predicted octanol–water partition coefficient (Wildman–Crippen LogP) is 9.33. The van der Waals surface area contributed by atoms with E-state index in [2.05, 4.69) is 50.2 Å². The molecule has 27 heavy (non-hydrogen) atoms. The number of rotatable bonds is 18. The van der Waals surface area contributed by atoms with Gasteiger partial charge < -0.3 is 4.98 Å². The van der Waals surface area contributed by atoms with Crippen LogP contribution in [0.3, 0.4) is 0 Å². The number of aromatic nitrogens is 1. The minimum absolute atomic E-state index is 0.597. The van der Waals surface area contributed by atoms with Crippen molar-refractivity contribution in [1.82, 2.24) is 4.98 Å². The van der Waals surface area contributed by atoms with E-state index in [1.807, 2.05) is 0 Å². The Hall–Kier alpha value is -0.980. The third kappa shape index (κ3) is 12.2. The predicted molar refractivity (Wildman–Crippen MR) is 123 cm³/mol. The SMILES string of the molecule is CCCCCCCCCC=C(C)C(CCCCCCCCC)c1ccc[nH]1. The lowest BCUT2D eigenvalue weighted by Crippen LogP contribution is -2.02. The second kappa shape index (κ2) is 17.1. The summed E-state index contributed by atoms with van der Waals surface area (Å²) in [4.78, 5) is 3.48. The van der Waals surface area contributed by atoms with Crippen molar-refractivity contribution in [3.05, 3.63) is 35.7 Å². The Bertz CT molecular complexity index is 443. The molecule has 0 aliphatic rings. The van der Waals surface area contributed by atoms with E-state index < -0.39 is 0 Å². The van der Waals surface area contributed by atoms with Crippen molar-refractivity contribution in [2.75, 3.05) is 0 Å². The minimum Gasteiger partial charge on any atom is -0.364 e. The van der Waals surface area contributed by atoms with Gasteiger partial charge in [-0.25, -0.2) is 0 Å². The first-order chi connectivity index (χ1) is 13.3. The van der Waals surface area contributed by atoms with Crippen LogP contribution in [0.25, 0.3) is 0 Å². The zero-order chi connectivity index (χ0) is 19.6. The molecule has 1 heteroatoms. The molecule has 1 aromatic rings. The zero-order valence-electron chi connectivity index (χ0n) is 18.7. The van der Waals surface area contributed by atoms with E-state index in [0.29, 0.717) is 5.92 Å². The van der Waals surface area contributed by atoms with Gasteiger partial charge in [-0.15, -0.1) is 0 Å². The van der Waals surface area contributed by atoms with E-state index in [-0.39, 0.29) is 0 Å². The Morgan fingerprint density at radius 1 is 0.815 bits per heavy atom. The molecule has 0 bridgehead atoms. The molecule has 0 spiro atoms. The highest BCUT2D eigenvalue weighted by atomic mass is 14.7. The summed E-state index contributed by atoms with van der Waals surface area (Å²) >= 11 is 0.